The summed E-state index contributed by atoms with van der Waals surface area (Å²) in [6.45, 7) is 1.90. The van der Waals surface area contributed by atoms with Crippen molar-refractivity contribution in [3.05, 3.63) is 59.4 Å². The molecule has 0 aliphatic carbocycles. The van der Waals surface area contributed by atoms with Gasteiger partial charge in [0.25, 0.3) is 0 Å². The van der Waals surface area contributed by atoms with Gasteiger partial charge in [-0.05, 0) is 18.4 Å². The fourth-order valence-corrected chi connectivity index (χ4v) is 5.18. The second-order valence-electron chi connectivity index (χ2n) is 7.73. The Kier molecular flexibility index (Phi) is 4.60. The van der Waals surface area contributed by atoms with Gasteiger partial charge in [0.1, 0.15) is 6.04 Å². The molecule has 0 saturated carbocycles. The number of nitrogens with one attached hydrogen (secondary N) is 2. The molecule has 2 N–H and O–H groups in total. The molecule has 1 unspecified atom stereocenters. The average Bonchev–Trinajstić information content (AvgIpc) is 3.37. The van der Waals surface area contributed by atoms with E-state index in [2.05, 4.69) is 45.5 Å². The molecule has 2 saturated heterocycles. The lowest BCUT2D eigenvalue weighted by Crippen LogP contribution is -2.60. The van der Waals surface area contributed by atoms with E-state index < -0.39 is 0 Å². The molecule has 4 heterocycles. The van der Waals surface area contributed by atoms with Crippen molar-refractivity contribution in [1.29, 1.82) is 0 Å². The predicted molar refractivity (Wildman–Crippen MR) is 111 cm³/mol. The number of fused-ring (bicyclic) bond motifs is 1. The van der Waals surface area contributed by atoms with Crippen molar-refractivity contribution < 1.29 is 9.59 Å². The topological polar surface area (TPSA) is 78.7 Å². The maximum Gasteiger partial charge on any atom is 0.241 e. The molecule has 5 rings (SSSR count). The highest BCUT2D eigenvalue weighted by Gasteiger charge is 2.42. The molecule has 8 heteroatoms. The predicted octanol–water partition coefficient (Wildman–Crippen LogP) is 1.39. The number of piperazine rings is 1. The minimum absolute atomic E-state index is 0.0597. The zero-order valence-electron chi connectivity index (χ0n) is 16.0. The Morgan fingerprint density at radius 3 is 2.69 bits per heavy atom. The quantitative estimate of drug-likeness (QED) is 0.685. The molecular formula is C21H23N5O2S. The first-order valence-electron chi connectivity index (χ1n) is 9.93. The molecule has 1 aromatic carbocycles. The van der Waals surface area contributed by atoms with Gasteiger partial charge < -0.3 is 10.2 Å². The van der Waals surface area contributed by atoms with Crippen LogP contribution in [0.5, 0.6) is 0 Å². The van der Waals surface area contributed by atoms with Gasteiger partial charge in [-0.1, -0.05) is 30.3 Å². The number of aromatic nitrogens is 2. The molecule has 2 amide bonds. The van der Waals surface area contributed by atoms with Gasteiger partial charge in [-0.15, -0.1) is 11.3 Å². The fourth-order valence-electron chi connectivity index (χ4n) is 4.48. The van der Waals surface area contributed by atoms with Gasteiger partial charge in [-0.2, -0.15) is 0 Å². The van der Waals surface area contributed by atoms with E-state index >= 15 is 0 Å². The van der Waals surface area contributed by atoms with Gasteiger partial charge in [0.15, 0.2) is 4.96 Å². The van der Waals surface area contributed by atoms with Gasteiger partial charge in [-0.3, -0.25) is 19.3 Å². The van der Waals surface area contributed by atoms with Crippen molar-refractivity contribution in [3.63, 3.8) is 0 Å². The molecule has 2 aromatic heterocycles. The molecule has 3 aromatic rings. The van der Waals surface area contributed by atoms with E-state index in [-0.39, 0.29) is 29.8 Å². The van der Waals surface area contributed by atoms with Crippen LogP contribution in [-0.4, -0.2) is 58.3 Å². The zero-order chi connectivity index (χ0) is 19.8. The first-order valence-corrected chi connectivity index (χ1v) is 10.8. The SMILES string of the molecule is O=C1CNC(C(=O)N2CCC(c3ccccc3)(c3cn4ccsc4n3)CC2)CN1. The molecular weight excluding hydrogens is 386 g/mol. The summed E-state index contributed by atoms with van der Waals surface area (Å²) in [4.78, 5) is 32.1. The Morgan fingerprint density at radius 2 is 2.00 bits per heavy atom. The third-order valence-electron chi connectivity index (χ3n) is 6.15. The maximum atomic E-state index is 12.9. The highest BCUT2D eigenvalue weighted by Crippen LogP contribution is 2.41. The summed E-state index contributed by atoms with van der Waals surface area (Å²) in [6, 6.07) is 10.2. The highest BCUT2D eigenvalue weighted by molar-refractivity contribution is 7.15. The molecule has 29 heavy (non-hydrogen) atoms. The molecule has 0 spiro atoms. The molecule has 0 radical (unpaired) electrons. The van der Waals surface area contributed by atoms with Crippen molar-refractivity contribution in [2.45, 2.75) is 24.3 Å². The molecule has 0 bridgehead atoms. The van der Waals surface area contributed by atoms with Crippen LogP contribution in [0.15, 0.2) is 48.1 Å². The van der Waals surface area contributed by atoms with E-state index in [1.54, 1.807) is 11.3 Å². The normalized spacial score (nSPS) is 21.9. The van der Waals surface area contributed by atoms with Gasteiger partial charge in [0, 0.05) is 42.8 Å². The van der Waals surface area contributed by atoms with Crippen LogP contribution in [0.4, 0.5) is 0 Å². The Hall–Kier alpha value is -2.71. The number of amides is 2. The van der Waals surface area contributed by atoms with Crippen LogP contribution < -0.4 is 10.6 Å². The van der Waals surface area contributed by atoms with Crippen molar-refractivity contribution in [3.8, 4) is 0 Å². The number of nitrogens with zero attached hydrogens (tertiary/aromatic N) is 3. The number of carbonyl (C=O) groups excluding carboxylic acids is 2. The number of carbonyl (C=O) groups is 2. The van der Waals surface area contributed by atoms with Crippen LogP contribution in [0.1, 0.15) is 24.1 Å². The number of imidazole rings is 1. The number of piperidine rings is 1. The molecule has 2 aliphatic rings. The van der Waals surface area contributed by atoms with E-state index in [0.29, 0.717) is 19.6 Å². The van der Waals surface area contributed by atoms with Gasteiger partial charge >= 0.3 is 0 Å². The number of benzene rings is 1. The standard InChI is InChI=1S/C21H23N5O2S/c27-18-13-22-16(12-23-18)19(28)25-8-6-21(7-9-25,15-4-2-1-3-5-15)17-14-26-10-11-29-20(26)24-17/h1-5,10-11,14,16,22H,6-9,12-13H2,(H,23,27). The third kappa shape index (κ3) is 3.22. The van der Waals surface area contributed by atoms with Crippen LogP contribution in [0, 0.1) is 0 Å². The summed E-state index contributed by atoms with van der Waals surface area (Å²) in [5.41, 5.74) is 2.13. The minimum atomic E-state index is -0.338. The first-order chi connectivity index (χ1) is 14.2. The summed E-state index contributed by atoms with van der Waals surface area (Å²) in [6.07, 6.45) is 5.82. The molecule has 2 aliphatic heterocycles. The summed E-state index contributed by atoms with van der Waals surface area (Å²) in [7, 11) is 0. The van der Waals surface area contributed by atoms with Crippen molar-refractivity contribution in [2.24, 2.45) is 0 Å². The van der Waals surface area contributed by atoms with E-state index in [0.717, 1.165) is 23.5 Å². The van der Waals surface area contributed by atoms with Crippen LogP contribution in [0.2, 0.25) is 0 Å². The molecule has 7 nitrogen and oxygen atoms in total. The van der Waals surface area contributed by atoms with Crippen LogP contribution >= 0.6 is 11.3 Å². The Balaban J connectivity index is 1.40. The van der Waals surface area contributed by atoms with Crippen LogP contribution in [0.25, 0.3) is 4.96 Å². The van der Waals surface area contributed by atoms with Crippen molar-refractivity contribution >= 4 is 28.1 Å². The molecule has 1 atom stereocenters. The minimum Gasteiger partial charge on any atom is -0.353 e. The zero-order valence-corrected chi connectivity index (χ0v) is 16.8. The van der Waals surface area contributed by atoms with Crippen LogP contribution in [-0.2, 0) is 15.0 Å². The molecule has 150 valence electrons. The number of likely N-dealkylation sites (tertiary alicyclic amines) is 1. The first kappa shape index (κ1) is 18.3. The lowest BCUT2D eigenvalue weighted by atomic mass is 9.70. The van der Waals surface area contributed by atoms with Crippen molar-refractivity contribution in [2.75, 3.05) is 26.2 Å². The average molecular weight is 410 g/mol. The largest absolute Gasteiger partial charge is 0.353 e. The fraction of sp³-hybridized carbons (Fsp3) is 0.381. The highest BCUT2D eigenvalue weighted by atomic mass is 32.1. The van der Waals surface area contributed by atoms with E-state index in [1.807, 2.05) is 22.5 Å². The number of hydrogen-bond acceptors (Lipinski definition) is 5. The van der Waals surface area contributed by atoms with E-state index in [1.165, 1.54) is 5.56 Å². The smallest absolute Gasteiger partial charge is 0.241 e. The summed E-state index contributed by atoms with van der Waals surface area (Å²) < 4.78 is 2.08. The summed E-state index contributed by atoms with van der Waals surface area (Å²) in [5, 5.41) is 7.86. The summed E-state index contributed by atoms with van der Waals surface area (Å²) in [5.74, 6) is 0.00743. The van der Waals surface area contributed by atoms with Gasteiger partial charge in [0.05, 0.1) is 12.2 Å². The number of rotatable bonds is 3. The van der Waals surface area contributed by atoms with Gasteiger partial charge in [-0.25, -0.2) is 4.98 Å². The van der Waals surface area contributed by atoms with E-state index in [9.17, 15) is 9.59 Å². The number of thiazole rings is 1. The van der Waals surface area contributed by atoms with Crippen LogP contribution in [0.3, 0.4) is 0 Å². The maximum absolute atomic E-state index is 12.9. The van der Waals surface area contributed by atoms with E-state index in [4.69, 9.17) is 4.98 Å². The lowest BCUT2D eigenvalue weighted by Gasteiger charge is -2.42. The Labute approximate surface area is 172 Å². The second-order valence-corrected chi connectivity index (χ2v) is 8.60. The van der Waals surface area contributed by atoms with Crippen molar-refractivity contribution in [1.82, 2.24) is 24.9 Å². The van der Waals surface area contributed by atoms with Gasteiger partial charge in [0.2, 0.25) is 11.8 Å². The number of hydrogen-bond donors (Lipinski definition) is 2. The third-order valence-corrected chi connectivity index (χ3v) is 6.92. The Morgan fingerprint density at radius 1 is 1.21 bits per heavy atom. The summed E-state index contributed by atoms with van der Waals surface area (Å²) >= 11 is 1.64. The Bertz CT molecular complexity index is 997. The monoisotopic (exact) mass is 409 g/mol. The lowest BCUT2D eigenvalue weighted by molar-refractivity contribution is -0.136. The molecule has 2 fully saturated rings. The second kappa shape index (κ2) is 7.27.